The number of nitrogens with zero attached hydrogens (tertiary/aromatic N) is 2. The predicted octanol–water partition coefficient (Wildman–Crippen LogP) is 4.50. The number of halogens is 4. The van der Waals surface area contributed by atoms with Crippen LogP contribution in [0.3, 0.4) is 0 Å². The fourth-order valence-corrected chi connectivity index (χ4v) is 1.70. The maximum atomic E-state index is 12.6. The van der Waals surface area contributed by atoms with Crippen molar-refractivity contribution in [3.8, 4) is 11.6 Å². The Kier molecular flexibility index (Phi) is 4.13. The highest BCUT2D eigenvalue weighted by molar-refractivity contribution is 6.29. The molecule has 106 valence electrons. The molecular formula is C13H10ClF3N2O. The van der Waals surface area contributed by atoms with Crippen molar-refractivity contribution in [2.24, 2.45) is 0 Å². The van der Waals surface area contributed by atoms with Crippen LogP contribution < -0.4 is 4.74 Å². The lowest BCUT2D eigenvalue weighted by molar-refractivity contribution is -0.137. The molecule has 0 saturated carbocycles. The van der Waals surface area contributed by atoms with E-state index in [2.05, 4.69) is 9.97 Å². The van der Waals surface area contributed by atoms with Crippen LogP contribution in [0.4, 0.5) is 13.2 Å². The van der Waals surface area contributed by atoms with Crippen molar-refractivity contribution in [1.82, 2.24) is 9.97 Å². The molecule has 0 atom stereocenters. The molecule has 0 unspecified atom stereocenters. The number of hydrogen-bond donors (Lipinski definition) is 0. The van der Waals surface area contributed by atoms with Crippen LogP contribution in [-0.2, 0) is 12.6 Å². The molecule has 1 aromatic carbocycles. The van der Waals surface area contributed by atoms with Gasteiger partial charge in [-0.05, 0) is 18.2 Å². The quantitative estimate of drug-likeness (QED) is 0.783. The Bertz CT molecular complexity index is 617. The molecule has 1 aromatic heterocycles. The summed E-state index contributed by atoms with van der Waals surface area (Å²) in [5.74, 6) is 0.609. The molecule has 2 aromatic rings. The first-order chi connectivity index (χ1) is 9.38. The minimum absolute atomic E-state index is 0.0386. The van der Waals surface area contributed by atoms with E-state index in [1.165, 1.54) is 18.2 Å². The normalized spacial score (nSPS) is 11.4. The Labute approximate surface area is 118 Å². The molecule has 1 heterocycles. The van der Waals surface area contributed by atoms with Crippen LogP contribution in [-0.4, -0.2) is 9.97 Å². The average Bonchev–Trinajstić information content (AvgIpc) is 2.37. The van der Waals surface area contributed by atoms with E-state index in [4.69, 9.17) is 16.3 Å². The van der Waals surface area contributed by atoms with E-state index in [9.17, 15) is 13.2 Å². The molecule has 0 amide bonds. The summed E-state index contributed by atoms with van der Waals surface area (Å²) in [4.78, 5) is 7.99. The van der Waals surface area contributed by atoms with E-state index in [0.29, 0.717) is 12.2 Å². The summed E-state index contributed by atoms with van der Waals surface area (Å²) in [7, 11) is 0. The molecule has 3 nitrogen and oxygen atoms in total. The van der Waals surface area contributed by atoms with Crippen LogP contribution in [0, 0.1) is 0 Å². The number of rotatable bonds is 3. The summed E-state index contributed by atoms with van der Waals surface area (Å²) in [6.07, 6.45) is -3.88. The number of benzene rings is 1. The molecule has 0 saturated heterocycles. The molecule has 0 aliphatic rings. The van der Waals surface area contributed by atoms with Crippen LogP contribution in [0.1, 0.15) is 18.3 Å². The van der Waals surface area contributed by atoms with Crippen LogP contribution in [0.15, 0.2) is 30.3 Å². The maximum Gasteiger partial charge on any atom is 0.416 e. The van der Waals surface area contributed by atoms with Crippen molar-refractivity contribution in [2.75, 3.05) is 0 Å². The summed E-state index contributed by atoms with van der Waals surface area (Å²) < 4.78 is 43.1. The predicted molar refractivity (Wildman–Crippen MR) is 67.9 cm³/mol. The number of ether oxygens (including phenoxy) is 1. The van der Waals surface area contributed by atoms with Crippen molar-refractivity contribution in [1.29, 1.82) is 0 Å². The van der Waals surface area contributed by atoms with Gasteiger partial charge < -0.3 is 4.74 Å². The fraction of sp³-hybridized carbons (Fsp3) is 0.231. The second-order valence-corrected chi connectivity index (χ2v) is 4.31. The zero-order valence-electron chi connectivity index (χ0n) is 10.4. The smallest absolute Gasteiger partial charge is 0.416 e. The molecule has 2 rings (SSSR count). The van der Waals surface area contributed by atoms with Crippen LogP contribution >= 0.6 is 11.6 Å². The second-order valence-electron chi connectivity index (χ2n) is 3.93. The van der Waals surface area contributed by atoms with E-state index >= 15 is 0 Å². The van der Waals surface area contributed by atoms with E-state index in [0.717, 1.165) is 12.1 Å². The molecule has 7 heteroatoms. The van der Waals surface area contributed by atoms with Crippen LogP contribution in [0.5, 0.6) is 11.6 Å². The van der Waals surface area contributed by atoms with Gasteiger partial charge in [-0.15, -0.1) is 0 Å². The first-order valence-corrected chi connectivity index (χ1v) is 6.15. The summed E-state index contributed by atoms with van der Waals surface area (Å²) in [5.41, 5.74) is -0.786. The monoisotopic (exact) mass is 302 g/mol. The average molecular weight is 303 g/mol. The van der Waals surface area contributed by atoms with Crippen LogP contribution in [0.2, 0.25) is 5.15 Å². The highest BCUT2D eigenvalue weighted by atomic mass is 35.5. The van der Waals surface area contributed by atoms with Gasteiger partial charge in [0, 0.05) is 12.5 Å². The van der Waals surface area contributed by atoms with Gasteiger partial charge in [0.15, 0.2) is 0 Å². The maximum absolute atomic E-state index is 12.6. The lowest BCUT2D eigenvalue weighted by Gasteiger charge is -2.10. The number of aromatic nitrogens is 2. The fourth-order valence-electron chi connectivity index (χ4n) is 1.51. The van der Waals surface area contributed by atoms with Gasteiger partial charge in [-0.2, -0.15) is 18.2 Å². The highest BCUT2D eigenvalue weighted by Crippen LogP contribution is 2.32. The van der Waals surface area contributed by atoms with E-state index in [1.807, 2.05) is 6.92 Å². The molecule has 0 spiro atoms. The lowest BCUT2D eigenvalue weighted by atomic mass is 10.2. The van der Waals surface area contributed by atoms with E-state index in [1.54, 1.807) is 0 Å². The zero-order chi connectivity index (χ0) is 14.8. The Morgan fingerprint density at radius 3 is 2.60 bits per heavy atom. The molecule has 20 heavy (non-hydrogen) atoms. The van der Waals surface area contributed by atoms with Crippen molar-refractivity contribution in [2.45, 2.75) is 19.5 Å². The minimum Gasteiger partial charge on any atom is -0.439 e. The number of hydrogen-bond acceptors (Lipinski definition) is 3. The van der Waals surface area contributed by atoms with Gasteiger partial charge >= 0.3 is 6.18 Å². The van der Waals surface area contributed by atoms with E-state index in [-0.39, 0.29) is 16.8 Å². The number of alkyl halides is 3. The lowest BCUT2D eigenvalue weighted by Crippen LogP contribution is -2.04. The third-order valence-electron chi connectivity index (χ3n) is 2.42. The molecule has 0 fully saturated rings. The van der Waals surface area contributed by atoms with Gasteiger partial charge in [-0.1, -0.05) is 24.6 Å². The van der Waals surface area contributed by atoms with Gasteiger partial charge in [0.2, 0.25) is 5.88 Å². The summed E-state index contributed by atoms with van der Waals surface area (Å²) in [6.45, 7) is 1.83. The third-order valence-corrected chi connectivity index (χ3v) is 2.61. The molecule has 0 N–H and O–H groups in total. The molecular weight excluding hydrogens is 293 g/mol. The molecule has 0 aliphatic carbocycles. The zero-order valence-corrected chi connectivity index (χ0v) is 11.2. The van der Waals surface area contributed by atoms with Gasteiger partial charge in [0.1, 0.15) is 16.7 Å². The molecule has 0 radical (unpaired) electrons. The summed E-state index contributed by atoms with van der Waals surface area (Å²) in [5, 5.41) is 0.179. The Morgan fingerprint density at radius 1 is 1.20 bits per heavy atom. The minimum atomic E-state index is -4.42. The van der Waals surface area contributed by atoms with Gasteiger partial charge in [-0.3, -0.25) is 0 Å². The SMILES string of the molecule is CCc1nc(Cl)cc(Oc2cccc(C(F)(F)F)c2)n1. The largest absolute Gasteiger partial charge is 0.439 e. The first kappa shape index (κ1) is 14.6. The Morgan fingerprint density at radius 2 is 1.95 bits per heavy atom. The molecule has 0 aliphatic heterocycles. The summed E-state index contributed by atoms with van der Waals surface area (Å²) in [6, 6.07) is 5.90. The standard InChI is InChI=1S/C13H10ClF3N2O/c1-2-11-18-10(14)7-12(19-11)20-9-5-3-4-8(6-9)13(15,16)17/h3-7H,2H2,1H3. The second kappa shape index (κ2) is 5.66. The van der Waals surface area contributed by atoms with Gasteiger partial charge in [0.05, 0.1) is 5.56 Å². The Balaban J connectivity index is 2.28. The first-order valence-electron chi connectivity index (χ1n) is 5.77. The topological polar surface area (TPSA) is 35.0 Å². The molecule has 0 bridgehead atoms. The Hall–Kier alpha value is -1.82. The summed E-state index contributed by atoms with van der Waals surface area (Å²) >= 11 is 5.79. The van der Waals surface area contributed by atoms with Crippen molar-refractivity contribution >= 4 is 11.6 Å². The van der Waals surface area contributed by atoms with E-state index < -0.39 is 11.7 Å². The highest BCUT2D eigenvalue weighted by Gasteiger charge is 2.30. The number of aryl methyl sites for hydroxylation is 1. The van der Waals surface area contributed by atoms with Crippen molar-refractivity contribution in [3.63, 3.8) is 0 Å². The van der Waals surface area contributed by atoms with Crippen molar-refractivity contribution in [3.05, 3.63) is 46.9 Å². The van der Waals surface area contributed by atoms with Gasteiger partial charge in [-0.25, -0.2) is 4.98 Å². The van der Waals surface area contributed by atoms with Crippen LogP contribution in [0.25, 0.3) is 0 Å². The third kappa shape index (κ3) is 3.60. The van der Waals surface area contributed by atoms with Crippen molar-refractivity contribution < 1.29 is 17.9 Å². The van der Waals surface area contributed by atoms with Gasteiger partial charge in [0.25, 0.3) is 0 Å².